The summed E-state index contributed by atoms with van der Waals surface area (Å²) < 4.78 is 0. The number of amides is 1. The molecule has 0 radical (unpaired) electrons. The molecule has 25 heavy (non-hydrogen) atoms. The van der Waals surface area contributed by atoms with E-state index in [2.05, 4.69) is 16.9 Å². The molecule has 2 aromatic rings. The highest BCUT2D eigenvalue weighted by atomic mass is 32.2. The minimum Gasteiger partial charge on any atom is -0.481 e. The van der Waals surface area contributed by atoms with Crippen LogP contribution in [0.15, 0.2) is 11.4 Å². The largest absolute Gasteiger partial charge is 0.481 e. The topological polar surface area (TPSA) is 83.4 Å². The number of aliphatic carboxylic acids is 1. The number of thiophene rings is 1. The summed E-state index contributed by atoms with van der Waals surface area (Å²) >= 11 is 3.04. The van der Waals surface area contributed by atoms with Crippen LogP contribution in [0, 0.1) is 19.8 Å². The lowest BCUT2D eigenvalue weighted by molar-refractivity contribution is -0.148. The molecule has 0 spiro atoms. The minimum atomic E-state index is -0.820. The van der Waals surface area contributed by atoms with Gasteiger partial charge in [0.1, 0.15) is 16.2 Å². The molecular formula is C17H21N3O3S2. The molecule has 0 aliphatic carbocycles. The monoisotopic (exact) mass is 379 g/mol. The van der Waals surface area contributed by atoms with Crippen molar-refractivity contribution < 1.29 is 14.7 Å². The third-order valence-corrected chi connectivity index (χ3v) is 6.98. The van der Waals surface area contributed by atoms with E-state index < -0.39 is 11.9 Å². The average molecular weight is 380 g/mol. The Hall–Kier alpha value is -1.67. The molecule has 2 aromatic heterocycles. The number of nitrogens with zero attached hydrogens (tertiary/aromatic N) is 3. The molecule has 2 atom stereocenters. The van der Waals surface area contributed by atoms with Gasteiger partial charge in [0.25, 0.3) is 0 Å². The fourth-order valence-electron chi connectivity index (χ4n) is 3.30. The summed E-state index contributed by atoms with van der Waals surface area (Å²) in [6.45, 7) is 6.56. The zero-order valence-electron chi connectivity index (χ0n) is 14.5. The van der Waals surface area contributed by atoms with Crippen LogP contribution in [-0.2, 0) is 9.59 Å². The van der Waals surface area contributed by atoms with Crippen LogP contribution in [-0.4, -0.2) is 50.2 Å². The Labute approximate surface area is 154 Å². The summed E-state index contributed by atoms with van der Waals surface area (Å²) in [6, 6.07) is -0.269. The molecule has 0 saturated carbocycles. The van der Waals surface area contributed by atoms with Crippen LogP contribution in [0.4, 0.5) is 0 Å². The number of hydrogen-bond donors (Lipinski definition) is 1. The third-order valence-electron chi connectivity index (χ3n) is 4.89. The molecule has 1 saturated heterocycles. The molecule has 6 nitrogen and oxygen atoms in total. The van der Waals surface area contributed by atoms with Gasteiger partial charge in [-0.25, -0.2) is 9.97 Å². The summed E-state index contributed by atoms with van der Waals surface area (Å²) in [5.74, 6) is -1.06. The van der Waals surface area contributed by atoms with Gasteiger partial charge in [-0.1, -0.05) is 11.8 Å². The second kappa shape index (κ2) is 7.29. The van der Waals surface area contributed by atoms with E-state index in [1.165, 1.54) is 23.0 Å². The van der Waals surface area contributed by atoms with Gasteiger partial charge in [0.15, 0.2) is 0 Å². The number of carbonyl (C=O) groups excluding carboxylic acids is 1. The van der Waals surface area contributed by atoms with Gasteiger partial charge >= 0.3 is 5.97 Å². The lowest BCUT2D eigenvalue weighted by Gasteiger charge is -2.37. The molecule has 0 unspecified atom stereocenters. The van der Waals surface area contributed by atoms with Gasteiger partial charge in [-0.3, -0.25) is 9.59 Å². The number of aromatic nitrogens is 2. The number of hydrogen-bond acceptors (Lipinski definition) is 6. The van der Waals surface area contributed by atoms with Crippen LogP contribution in [0.5, 0.6) is 0 Å². The maximum Gasteiger partial charge on any atom is 0.308 e. The summed E-state index contributed by atoms with van der Waals surface area (Å²) in [4.78, 5) is 36.5. The Bertz CT molecular complexity index is 821. The standard InChI is InChI=1S/C17H21N3O3S2/c1-9-11(3)25-16-14(9)15(18-8-19-16)24-7-13(21)20-6-4-5-12(10(20)2)17(22)23/h8,10,12H,4-7H2,1-3H3,(H,22,23)/t10-,12-/m1/s1. The second-order valence-corrected chi connectivity index (χ2v) is 8.51. The van der Waals surface area contributed by atoms with Crippen molar-refractivity contribution in [3.05, 3.63) is 16.8 Å². The van der Waals surface area contributed by atoms with E-state index in [4.69, 9.17) is 0 Å². The van der Waals surface area contributed by atoms with E-state index in [1.54, 1.807) is 16.2 Å². The normalized spacial score (nSPS) is 20.8. The Balaban J connectivity index is 1.73. The Morgan fingerprint density at radius 1 is 1.40 bits per heavy atom. The first-order valence-corrected chi connectivity index (χ1v) is 10.1. The van der Waals surface area contributed by atoms with Crippen molar-refractivity contribution in [3.63, 3.8) is 0 Å². The molecule has 1 N–H and O–H groups in total. The van der Waals surface area contributed by atoms with Gasteiger partial charge < -0.3 is 10.0 Å². The van der Waals surface area contributed by atoms with Crippen molar-refractivity contribution in [2.24, 2.45) is 5.92 Å². The SMILES string of the molecule is Cc1sc2ncnc(SCC(=O)N3CCC[C@@H](C(=O)O)[C@H]3C)c2c1C. The molecule has 134 valence electrons. The number of aryl methyl sites for hydroxylation is 2. The van der Waals surface area contributed by atoms with Crippen molar-refractivity contribution in [1.29, 1.82) is 0 Å². The van der Waals surface area contributed by atoms with Crippen LogP contribution in [0.2, 0.25) is 0 Å². The highest BCUT2D eigenvalue weighted by Crippen LogP contribution is 2.34. The van der Waals surface area contributed by atoms with E-state index in [9.17, 15) is 14.7 Å². The van der Waals surface area contributed by atoms with Gasteiger partial charge in [-0.15, -0.1) is 11.3 Å². The number of thioether (sulfide) groups is 1. The summed E-state index contributed by atoms with van der Waals surface area (Å²) in [6.07, 6.45) is 2.90. The second-order valence-electron chi connectivity index (χ2n) is 6.35. The molecule has 1 amide bonds. The van der Waals surface area contributed by atoms with Crippen LogP contribution in [0.1, 0.15) is 30.2 Å². The Morgan fingerprint density at radius 2 is 2.16 bits per heavy atom. The number of carbonyl (C=O) groups is 2. The number of likely N-dealkylation sites (tertiary alicyclic amines) is 1. The fourth-order valence-corrected chi connectivity index (χ4v) is 5.30. The maximum atomic E-state index is 12.6. The number of piperidine rings is 1. The zero-order valence-corrected chi connectivity index (χ0v) is 16.1. The van der Waals surface area contributed by atoms with Crippen molar-refractivity contribution in [2.45, 2.75) is 44.7 Å². The highest BCUT2D eigenvalue weighted by molar-refractivity contribution is 8.00. The van der Waals surface area contributed by atoms with E-state index in [0.29, 0.717) is 13.0 Å². The van der Waals surface area contributed by atoms with Gasteiger partial charge in [0.2, 0.25) is 5.91 Å². The number of carboxylic acid groups (broad SMARTS) is 1. The van der Waals surface area contributed by atoms with Crippen molar-refractivity contribution in [3.8, 4) is 0 Å². The lowest BCUT2D eigenvalue weighted by atomic mass is 9.90. The van der Waals surface area contributed by atoms with Crippen molar-refractivity contribution in [1.82, 2.24) is 14.9 Å². The number of fused-ring (bicyclic) bond motifs is 1. The van der Waals surface area contributed by atoms with E-state index in [0.717, 1.165) is 27.2 Å². The number of rotatable bonds is 4. The molecule has 0 aromatic carbocycles. The molecule has 3 heterocycles. The first-order chi connectivity index (χ1) is 11.9. The average Bonchev–Trinajstić information content (AvgIpc) is 2.87. The molecule has 1 aliphatic rings. The van der Waals surface area contributed by atoms with E-state index >= 15 is 0 Å². The predicted molar refractivity (Wildman–Crippen MR) is 99.1 cm³/mol. The van der Waals surface area contributed by atoms with Crippen molar-refractivity contribution in [2.75, 3.05) is 12.3 Å². The summed E-state index contributed by atoms with van der Waals surface area (Å²) in [7, 11) is 0. The van der Waals surface area contributed by atoms with E-state index in [1.807, 2.05) is 13.8 Å². The Kier molecular flexibility index (Phi) is 5.29. The zero-order chi connectivity index (χ0) is 18.1. The van der Waals surface area contributed by atoms with Gasteiger partial charge in [0, 0.05) is 22.8 Å². The molecule has 1 fully saturated rings. The molecule has 1 aliphatic heterocycles. The fraction of sp³-hybridized carbons (Fsp3) is 0.529. The predicted octanol–water partition coefficient (Wildman–Crippen LogP) is 3.11. The smallest absolute Gasteiger partial charge is 0.308 e. The first-order valence-electron chi connectivity index (χ1n) is 8.26. The Morgan fingerprint density at radius 3 is 2.88 bits per heavy atom. The van der Waals surface area contributed by atoms with Crippen molar-refractivity contribution >= 4 is 45.2 Å². The summed E-state index contributed by atoms with van der Waals surface area (Å²) in [5.41, 5.74) is 1.16. The minimum absolute atomic E-state index is 0.0279. The van der Waals surface area contributed by atoms with Crippen LogP contribution in [0.3, 0.4) is 0 Å². The lowest BCUT2D eigenvalue weighted by Crippen LogP contribution is -2.49. The highest BCUT2D eigenvalue weighted by Gasteiger charge is 2.35. The number of carboxylic acids is 1. The van der Waals surface area contributed by atoms with E-state index in [-0.39, 0.29) is 17.7 Å². The molecule has 3 rings (SSSR count). The molecule has 0 bridgehead atoms. The molecule has 8 heteroatoms. The van der Waals surface area contributed by atoms with Crippen LogP contribution >= 0.6 is 23.1 Å². The first kappa shape index (κ1) is 18.1. The van der Waals surface area contributed by atoms with Gasteiger partial charge in [-0.05, 0) is 39.2 Å². The quantitative estimate of drug-likeness (QED) is 0.649. The van der Waals surface area contributed by atoms with Crippen LogP contribution in [0.25, 0.3) is 10.2 Å². The summed E-state index contributed by atoms with van der Waals surface area (Å²) in [5, 5.41) is 11.2. The van der Waals surface area contributed by atoms with Gasteiger partial charge in [0.05, 0.1) is 11.7 Å². The van der Waals surface area contributed by atoms with Gasteiger partial charge in [-0.2, -0.15) is 0 Å². The third kappa shape index (κ3) is 3.50. The maximum absolute atomic E-state index is 12.6. The van der Waals surface area contributed by atoms with Crippen LogP contribution < -0.4 is 0 Å². The molecular weight excluding hydrogens is 358 g/mol.